The molecule has 0 N–H and O–H groups in total. The Labute approximate surface area is 198 Å². The first kappa shape index (κ1) is 22.0. The van der Waals surface area contributed by atoms with Crippen LogP contribution in [0.4, 0.5) is 0 Å². The maximum Gasteiger partial charge on any atom is 0.232 e. The normalized spacial score (nSPS) is 16.4. The van der Waals surface area contributed by atoms with Gasteiger partial charge in [0, 0.05) is 36.8 Å². The molecule has 4 heterocycles. The van der Waals surface area contributed by atoms with Gasteiger partial charge in [-0.3, -0.25) is 4.90 Å². The van der Waals surface area contributed by atoms with Crippen LogP contribution in [0.3, 0.4) is 0 Å². The minimum Gasteiger partial charge on any atom is -0.616 e. The molecule has 0 saturated carbocycles. The SMILES string of the molecule is N#Cc1c(-c2ccc3c(c2)OCCO3)ccnc1OCc1nc(CN2CC[S+]([O-])CC2)cs1. The second kappa shape index (κ2) is 9.97. The van der Waals surface area contributed by atoms with Gasteiger partial charge >= 0.3 is 0 Å². The van der Waals surface area contributed by atoms with Gasteiger partial charge in [-0.05, 0) is 23.8 Å². The van der Waals surface area contributed by atoms with Crippen molar-refractivity contribution in [3.8, 4) is 34.6 Å². The zero-order valence-electron chi connectivity index (χ0n) is 17.9. The van der Waals surface area contributed by atoms with Gasteiger partial charge in [-0.25, -0.2) is 9.97 Å². The second-order valence-electron chi connectivity index (χ2n) is 7.65. The maximum atomic E-state index is 11.5. The molecule has 170 valence electrons. The predicted octanol–water partition coefficient (Wildman–Crippen LogP) is 2.99. The molecule has 8 nitrogen and oxygen atoms in total. The van der Waals surface area contributed by atoms with Gasteiger partial charge in [-0.2, -0.15) is 5.26 Å². The van der Waals surface area contributed by atoms with Crippen LogP contribution in [0.1, 0.15) is 16.3 Å². The molecule has 2 aliphatic heterocycles. The van der Waals surface area contributed by atoms with Crippen LogP contribution in [-0.4, -0.2) is 57.2 Å². The summed E-state index contributed by atoms with van der Waals surface area (Å²) in [5.41, 5.74) is 2.90. The predicted molar refractivity (Wildman–Crippen MR) is 125 cm³/mol. The van der Waals surface area contributed by atoms with Crippen molar-refractivity contribution < 1.29 is 18.8 Å². The van der Waals surface area contributed by atoms with Crippen molar-refractivity contribution >= 4 is 22.5 Å². The molecule has 1 saturated heterocycles. The summed E-state index contributed by atoms with van der Waals surface area (Å²) in [5, 5.41) is 12.7. The molecule has 10 heteroatoms. The fourth-order valence-corrected chi connectivity index (χ4v) is 5.62. The first-order valence-corrected chi connectivity index (χ1v) is 13.0. The van der Waals surface area contributed by atoms with E-state index in [1.807, 2.05) is 23.6 Å². The summed E-state index contributed by atoms with van der Waals surface area (Å²) >= 11 is 0.839. The molecule has 0 spiro atoms. The van der Waals surface area contributed by atoms with Gasteiger partial charge in [0.1, 0.15) is 48.0 Å². The third-order valence-electron chi connectivity index (χ3n) is 5.47. The summed E-state index contributed by atoms with van der Waals surface area (Å²) in [7, 11) is 0. The number of rotatable bonds is 6. The fraction of sp³-hybridized carbons (Fsp3) is 0.348. The van der Waals surface area contributed by atoms with E-state index in [4.69, 9.17) is 14.2 Å². The average molecular weight is 483 g/mol. The van der Waals surface area contributed by atoms with E-state index in [1.54, 1.807) is 12.3 Å². The van der Waals surface area contributed by atoms with Gasteiger partial charge in [0.15, 0.2) is 11.5 Å². The largest absolute Gasteiger partial charge is 0.616 e. The number of pyridine rings is 1. The highest BCUT2D eigenvalue weighted by atomic mass is 32.2. The van der Waals surface area contributed by atoms with Gasteiger partial charge in [-0.15, -0.1) is 11.3 Å². The first-order chi connectivity index (χ1) is 16.2. The number of aromatic nitrogens is 2. The molecule has 0 atom stereocenters. The van der Waals surface area contributed by atoms with Crippen LogP contribution in [0.25, 0.3) is 11.1 Å². The van der Waals surface area contributed by atoms with E-state index in [1.165, 1.54) is 11.3 Å². The number of benzene rings is 1. The molecular weight excluding hydrogens is 460 g/mol. The Kier molecular flexibility index (Phi) is 6.64. The first-order valence-electron chi connectivity index (χ1n) is 10.6. The highest BCUT2D eigenvalue weighted by Gasteiger charge is 2.21. The Balaban J connectivity index is 1.28. The Bertz CT molecular complexity index is 1170. The third kappa shape index (κ3) is 5.07. The Morgan fingerprint density at radius 2 is 2.00 bits per heavy atom. The summed E-state index contributed by atoms with van der Waals surface area (Å²) < 4.78 is 28.7. The van der Waals surface area contributed by atoms with Crippen molar-refractivity contribution in [1.82, 2.24) is 14.9 Å². The van der Waals surface area contributed by atoms with Crippen molar-refractivity contribution in [3.05, 3.63) is 52.1 Å². The monoisotopic (exact) mass is 482 g/mol. The summed E-state index contributed by atoms with van der Waals surface area (Å²) in [6, 6.07) is 9.65. The Morgan fingerprint density at radius 1 is 1.18 bits per heavy atom. The van der Waals surface area contributed by atoms with Gasteiger partial charge in [0.05, 0.1) is 5.69 Å². The molecule has 0 radical (unpaired) electrons. The topological polar surface area (TPSA) is 104 Å². The van der Waals surface area contributed by atoms with Crippen LogP contribution in [-0.2, 0) is 24.3 Å². The van der Waals surface area contributed by atoms with E-state index in [0.29, 0.717) is 30.3 Å². The van der Waals surface area contributed by atoms with Crippen LogP contribution in [0.2, 0.25) is 0 Å². The number of hydrogen-bond donors (Lipinski definition) is 0. The second-order valence-corrected chi connectivity index (χ2v) is 10.3. The lowest BCUT2D eigenvalue weighted by Gasteiger charge is -2.27. The van der Waals surface area contributed by atoms with E-state index in [0.717, 1.165) is 53.0 Å². The lowest BCUT2D eigenvalue weighted by atomic mass is 10.0. The fourth-order valence-electron chi connectivity index (χ4n) is 3.79. The lowest BCUT2D eigenvalue weighted by Crippen LogP contribution is -2.39. The molecule has 1 fully saturated rings. The number of thiazole rings is 1. The molecule has 0 aliphatic carbocycles. The van der Waals surface area contributed by atoms with Gasteiger partial charge < -0.3 is 18.8 Å². The number of nitrogens with zero attached hydrogens (tertiary/aromatic N) is 4. The molecule has 0 amide bonds. The highest BCUT2D eigenvalue weighted by Crippen LogP contribution is 2.37. The summed E-state index contributed by atoms with van der Waals surface area (Å²) in [4.78, 5) is 11.2. The summed E-state index contributed by atoms with van der Waals surface area (Å²) in [6.07, 6.45) is 1.63. The highest BCUT2D eigenvalue weighted by molar-refractivity contribution is 7.91. The molecule has 1 aromatic carbocycles. The number of ether oxygens (including phenoxy) is 3. The van der Waals surface area contributed by atoms with Crippen LogP contribution in [0.5, 0.6) is 17.4 Å². The van der Waals surface area contributed by atoms with E-state index < -0.39 is 11.2 Å². The van der Waals surface area contributed by atoms with Crippen LogP contribution in [0, 0.1) is 11.3 Å². The molecular formula is C23H22N4O4S2. The van der Waals surface area contributed by atoms with E-state index in [2.05, 4.69) is 20.9 Å². The standard InChI is InChI=1S/C23H22N4O4S2/c24-12-19-18(16-1-2-20-21(11-16)30-8-7-29-20)3-4-25-23(19)31-14-22-26-17(15-32-22)13-27-5-9-33(28)10-6-27/h1-4,11,15H,5-10,13-14H2. The zero-order valence-corrected chi connectivity index (χ0v) is 19.5. The molecule has 2 aromatic heterocycles. The number of hydrogen-bond acceptors (Lipinski definition) is 9. The molecule has 0 unspecified atom stereocenters. The summed E-state index contributed by atoms with van der Waals surface area (Å²) in [5.74, 6) is 3.09. The minimum absolute atomic E-state index is 0.237. The van der Waals surface area contributed by atoms with E-state index in [9.17, 15) is 9.81 Å². The molecule has 33 heavy (non-hydrogen) atoms. The van der Waals surface area contributed by atoms with E-state index in [-0.39, 0.29) is 12.5 Å². The van der Waals surface area contributed by atoms with Crippen molar-refractivity contribution in [3.63, 3.8) is 0 Å². The van der Waals surface area contributed by atoms with Crippen LogP contribution in [0.15, 0.2) is 35.8 Å². The number of fused-ring (bicyclic) bond motifs is 1. The average Bonchev–Trinajstić information content (AvgIpc) is 3.30. The molecule has 2 aliphatic rings. The molecule has 0 bridgehead atoms. The van der Waals surface area contributed by atoms with Crippen LogP contribution < -0.4 is 14.2 Å². The van der Waals surface area contributed by atoms with Crippen molar-refractivity contribution in [1.29, 1.82) is 5.26 Å². The Hall–Kier alpha value is -2.84. The Morgan fingerprint density at radius 3 is 2.82 bits per heavy atom. The third-order valence-corrected chi connectivity index (χ3v) is 7.62. The van der Waals surface area contributed by atoms with Gasteiger partial charge in [0.25, 0.3) is 0 Å². The van der Waals surface area contributed by atoms with Crippen molar-refractivity contribution in [2.75, 3.05) is 37.8 Å². The zero-order chi connectivity index (χ0) is 22.6. The van der Waals surface area contributed by atoms with Crippen LogP contribution >= 0.6 is 11.3 Å². The van der Waals surface area contributed by atoms with Crippen molar-refractivity contribution in [2.45, 2.75) is 13.2 Å². The van der Waals surface area contributed by atoms with Crippen molar-refractivity contribution in [2.24, 2.45) is 0 Å². The molecule has 3 aromatic rings. The number of nitriles is 1. The lowest BCUT2D eigenvalue weighted by molar-refractivity contribution is 0.171. The van der Waals surface area contributed by atoms with Gasteiger partial charge in [-0.1, -0.05) is 17.2 Å². The van der Waals surface area contributed by atoms with Gasteiger partial charge in [0.2, 0.25) is 5.88 Å². The minimum atomic E-state index is -0.684. The van der Waals surface area contributed by atoms with E-state index >= 15 is 0 Å². The maximum absolute atomic E-state index is 11.5. The molecule has 5 rings (SSSR count). The quantitative estimate of drug-likeness (QED) is 0.494. The summed E-state index contributed by atoms with van der Waals surface area (Å²) in [6.45, 7) is 3.67. The smallest absolute Gasteiger partial charge is 0.232 e.